The normalized spacial score (nSPS) is 13.0. The minimum atomic E-state index is -5.05. The highest BCUT2D eigenvalue weighted by atomic mass is 19.4. The summed E-state index contributed by atoms with van der Waals surface area (Å²) in [4.78, 5) is 23.7. The first-order chi connectivity index (χ1) is 13.8. The van der Waals surface area contributed by atoms with E-state index in [2.05, 4.69) is 5.32 Å². The number of carbonyl (C=O) groups is 2. The molecule has 11 heteroatoms. The van der Waals surface area contributed by atoms with Crippen molar-refractivity contribution in [1.29, 1.82) is 0 Å². The molecule has 1 atom stereocenters. The molecule has 4 nitrogen and oxygen atoms in total. The van der Waals surface area contributed by atoms with Crippen LogP contribution in [0.2, 0.25) is 0 Å². The molecule has 0 spiro atoms. The zero-order valence-electron chi connectivity index (χ0n) is 15.1. The van der Waals surface area contributed by atoms with Crippen LogP contribution in [0.5, 0.6) is 0 Å². The van der Waals surface area contributed by atoms with Crippen molar-refractivity contribution >= 4 is 11.8 Å². The molecule has 0 bridgehead atoms. The maximum absolute atomic E-state index is 12.9. The van der Waals surface area contributed by atoms with Gasteiger partial charge in [0.2, 0.25) is 11.8 Å². The van der Waals surface area contributed by atoms with Gasteiger partial charge in [0, 0.05) is 6.42 Å². The summed E-state index contributed by atoms with van der Waals surface area (Å²) in [6.07, 6.45) is -11.1. The van der Waals surface area contributed by atoms with Crippen molar-refractivity contribution < 1.29 is 40.3 Å². The third-order valence-electron chi connectivity index (χ3n) is 4.04. The molecule has 0 saturated carbocycles. The molecule has 30 heavy (non-hydrogen) atoms. The van der Waals surface area contributed by atoms with E-state index in [1.165, 1.54) is 12.1 Å². The molecule has 0 saturated heterocycles. The molecule has 0 unspecified atom stereocenters. The van der Waals surface area contributed by atoms with Crippen LogP contribution in [0.15, 0.2) is 42.5 Å². The lowest BCUT2D eigenvalue weighted by atomic mass is 10.0. The van der Waals surface area contributed by atoms with Crippen LogP contribution in [-0.2, 0) is 34.8 Å². The molecule has 0 aliphatic carbocycles. The quantitative estimate of drug-likeness (QED) is 0.680. The van der Waals surface area contributed by atoms with E-state index in [9.17, 15) is 40.3 Å². The van der Waals surface area contributed by atoms with Crippen molar-refractivity contribution in [3.8, 4) is 0 Å². The van der Waals surface area contributed by atoms with Crippen LogP contribution in [0.1, 0.15) is 22.3 Å². The van der Waals surface area contributed by atoms with Crippen LogP contribution in [0.4, 0.5) is 30.7 Å². The van der Waals surface area contributed by atoms with E-state index in [1.807, 2.05) is 0 Å². The molecule has 162 valence electrons. The number of nitrogens with one attached hydrogen (secondary N) is 1. The van der Waals surface area contributed by atoms with E-state index in [0.717, 1.165) is 12.1 Å². The number of benzene rings is 2. The van der Waals surface area contributed by atoms with E-state index in [4.69, 9.17) is 5.73 Å². The first-order valence-electron chi connectivity index (χ1n) is 8.37. The lowest BCUT2D eigenvalue weighted by molar-refractivity contribution is -0.143. The van der Waals surface area contributed by atoms with Crippen LogP contribution in [0.3, 0.4) is 0 Å². The molecule has 0 aromatic heterocycles. The zero-order chi connectivity index (χ0) is 22.7. The fourth-order valence-electron chi connectivity index (χ4n) is 2.63. The number of amides is 2. The summed E-state index contributed by atoms with van der Waals surface area (Å²) < 4.78 is 90.4. The number of carbonyl (C=O) groups excluding carboxylic acids is 2. The second kappa shape index (κ2) is 8.72. The van der Waals surface area contributed by atoms with Gasteiger partial charge in [0.25, 0.3) is 0 Å². The Morgan fingerprint density at radius 2 is 1.37 bits per heavy atom. The Kier molecular flexibility index (Phi) is 6.73. The van der Waals surface area contributed by atoms with Gasteiger partial charge in [-0.05, 0) is 41.5 Å². The summed E-state index contributed by atoms with van der Waals surface area (Å²) in [5.41, 5.74) is 1.97. The maximum atomic E-state index is 12.9. The standard InChI is InChI=1S/C19H15F7N2O2/c20-14-3-1-10(2-4-14)7-15(17(27)30)28-16(29)8-11-5-12(18(21,22)23)9-13(6-11)19(24,25)26/h1-6,9,15H,7-8H2,(H2,27,30)(H,28,29)/t15-/m0/s1. The fraction of sp³-hybridized carbons (Fsp3) is 0.263. The number of rotatable bonds is 6. The zero-order valence-corrected chi connectivity index (χ0v) is 15.1. The molecule has 0 aliphatic rings. The number of nitrogens with two attached hydrogens (primary N) is 1. The second-order valence-electron chi connectivity index (χ2n) is 6.44. The van der Waals surface area contributed by atoms with Gasteiger partial charge in [0.1, 0.15) is 11.9 Å². The van der Waals surface area contributed by atoms with E-state index in [-0.39, 0.29) is 12.5 Å². The first-order valence-corrected chi connectivity index (χ1v) is 8.37. The number of primary amides is 1. The van der Waals surface area contributed by atoms with E-state index in [0.29, 0.717) is 17.7 Å². The van der Waals surface area contributed by atoms with Gasteiger partial charge in [-0.15, -0.1) is 0 Å². The molecular weight excluding hydrogens is 421 g/mol. The van der Waals surface area contributed by atoms with Crippen LogP contribution in [0.25, 0.3) is 0 Å². The van der Waals surface area contributed by atoms with Crippen LogP contribution >= 0.6 is 0 Å². The van der Waals surface area contributed by atoms with Crippen molar-refractivity contribution in [2.75, 3.05) is 0 Å². The highest BCUT2D eigenvalue weighted by Crippen LogP contribution is 2.36. The maximum Gasteiger partial charge on any atom is 0.416 e. The van der Waals surface area contributed by atoms with Gasteiger partial charge >= 0.3 is 12.4 Å². The van der Waals surface area contributed by atoms with Crippen molar-refractivity contribution in [2.24, 2.45) is 5.73 Å². The molecule has 2 aromatic rings. The molecule has 3 N–H and O–H groups in total. The molecule has 0 fully saturated rings. The predicted molar refractivity (Wildman–Crippen MR) is 91.4 cm³/mol. The molecule has 0 heterocycles. The predicted octanol–water partition coefficient (Wildman–Crippen LogP) is 3.62. The van der Waals surface area contributed by atoms with Crippen LogP contribution < -0.4 is 11.1 Å². The lowest BCUT2D eigenvalue weighted by Crippen LogP contribution is -2.46. The summed E-state index contributed by atoms with van der Waals surface area (Å²) in [5.74, 6) is -2.52. The highest BCUT2D eigenvalue weighted by Gasteiger charge is 2.37. The van der Waals surface area contributed by atoms with Crippen molar-refractivity contribution in [3.05, 3.63) is 70.5 Å². The number of hydrogen-bond acceptors (Lipinski definition) is 2. The number of hydrogen-bond donors (Lipinski definition) is 2. The van der Waals surface area contributed by atoms with Gasteiger partial charge in [-0.3, -0.25) is 9.59 Å². The SMILES string of the molecule is NC(=O)[C@H](Cc1ccc(F)cc1)NC(=O)Cc1cc(C(F)(F)F)cc(C(F)(F)F)c1. The molecule has 2 amide bonds. The first kappa shape index (κ1) is 23.2. The smallest absolute Gasteiger partial charge is 0.368 e. The lowest BCUT2D eigenvalue weighted by Gasteiger charge is -2.17. The second-order valence-corrected chi connectivity index (χ2v) is 6.44. The third kappa shape index (κ3) is 6.46. The minimum absolute atomic E-state index is 0.0534. The Balaban J connectivity index is 2.20. The van der Waals surface area contributed by atoms with Gasteiger partial charge in [-0.1, -0.05) is 12.1 Å². The fourth-order valence-corrected chi connectivity index (χ4v) is 2.63. The molecular formula is C19H15F7N2O2. The molecule has 2 aromatic carbocycles. The van der Waals surface area contributed by atoms with Crippen molar-refractivity contribution in [1.82, 2.24) is 5.32 Å². The summed E-state index contributed by atoms with van der Waals surface area (Å²) in [7, 11) is 0. The van der Waals surface area contributed by atoms with E-state index >= 15 is 0 Å². The van der Waals surface area contributed by atoms with Crippen molar-refractivity contribution in [2.45, 2.75) is 31.2 Å². The van der Waals surface area contributed by atoms with Gasteiger partial charge in [0.05, 0.1) is 17.5 Å². The average Bonchev–Trinajstić information content (AvgIpc) is 2.61. The Morgan fingerprint density at radius 1 is 0.867 bits per heavy atom. The molecule has 2 rings (SSSR count). The van der Waals surface area contributed by atoms with E-state index < -0.39 is 59.1 Å². The Bertz CT molecular complexity index is 890. The van der Waals surface area contributed by atoms with Crippen LogP contribution in [0, 0.1) is 5.82 Å². The van der Waals surface area contributed by atoms with Gasteiger partial charge in [-0.25, -0.2) is 4.39 Å². The summed E-state index contributed by atoms with van der Waals surface area (Å²) >= 11 is 0. The average molecular weight is 436 g/mol. The number of alkyl halides is 6. The van der Waals surface area contributed by atoms with Gasteiger partial charge < -0.3 is 11.1 Å². The summed E-state index contributed by atoms with van der Waals surface area (Å²) in [6, 6.07) is 4.38. The Labute approximate surface area is 165 Å². The molecule has 0 aliphatic heterocycles. The van der Waals surface area contributed by atoms with Crippen LogP contribution in [-0.4, -0.2) is 17.9 Å². The largest absolute Gasteiger partial charge is 0.416 e. The monoisotopic (exact) mass is 436 g/mol. The summed E-state index contributed by atoms with van der Waals surface area (Å²) in [6.45, 7) is 0. The van der Waals surface area contributed by atoms with Gasteiger partial charge in [0.15, 0.2) is 0 Å². The topological polar surface area (TPSA) is 72.2 Å². The third-order valence-corrected chi connectivity index (χ3v) is 4.04. The van der Waals surface area contributed by atoms with E-state index in [1.54, 1.807) is 0 Å². The molecule has 0 radical (unpaired) electrons. The Morgan fingerprint density at radius 3 is 1.80 bits per heavy atom. The van der Waals surface area contributed by atoms with Gasteiger partial charge in [-0.2, -0.15) is 26.3 Å². The highest BCUT2D eigenvalue weighted by molar-refractivity contribution is 5.87. The Hall–Kier alpha value is -3.11. The minimum Gasteiger partial charge on any atom is -0.368 e. The van der Waals surface area contributed by atoms with Crippen molar-refractivity contribution in [3.63, 3.8) is 0 Å². The summed E-state index contributed by atoms with van der Waals surface area (Å²) in [5, 5.41) is 2.17. The number of halogens is 7.